The number of phenolic OH excluding ortho intramolecular Hbond substituents is 1. The number of aromatic hydroxyl groups is 1. The van der Waals surface area contributed by atoms with Crippen molar-refractivity contribution in [2.24, 2.45) is 11.8 Å². The van der Waals surface area contributed by atoms with Crippen LogP contribution in [0.1, 0.15) is 114 Å². The van der Waals surface area contributed by atoms with Crippen molar-refractivity contribution in [3.05, 3.63) is 131 Å². The number of piperazine rings is 1. The van der Waals surface area contributed by atoms with Gasteiger partial charge in [-0.05, 0) is 115 Å². The fourth-order valence-corrected chi connectivity index (χ4v) is 10.1. The molecule has 2 N–H and O–H groups in total. The fourth-order valence-electron chi connectivity index (χ4n) is 10.1. The largest absolute Gasteiger partial charge is 0.508 e. The summed E-state index contributed by atoms with van der Waals surface area (Å²) in [5, 5.41) is 12.4. The number of nitrogens with zero attached hydrogens (tertiary/aromatic N) is 4. The van der Waals surface area contributed by atoms with Crippen molar-refractivity contribution in [2.75, 3.05) is 37.6 Å². The molecule has 10 nitrogen and oxygen atoms in total. The maximum Gasteiger partial charge on any atom is 0.262 e. The first kappa shape index (κ1) is 42.8. The quantitative estimate of drug-likeness (QED) is 0.149. The molecule has 0 spiro atoms. The van der Waals surface area contributed by atoms with Gasteiger partial charge in [-0.3, -0.25) is 39.2 Å². The summed E-state index contributed by atoms with van der Waals surface area (Å²) in [7, 11) is 0. The number of fused-ring (bicyclic) bond motifs is 2. The van der Waals surface area contributed by atoms with E-state index in [-0.39, 0.29) is 36.3 Å². The minimum absolute atomic E-state index is 0.0985. The number of allylic oxidation sites excluding steroid dienone is 4. The average Bonchev–Trinajstić information content (AvgIpc) is 3.78. The normalized spacial score (nSPS) is 23.2. The van der Waals surface area contributed by atoms with E-state index in [0.717, 1.165) is 85.8 Å². The molecular formula is C50H61N5O5. The number of amides is 4. The molecule has 0 bridgehead atoms. The molecule has 3 aromatic rings. The minimum atomic E-state index is -0.943. The molecule has 10 heteroatoms. The van der Waals surface area contributed by atoms with Gasteiger partial charge in [-0.1, -0.05) is 75.9 Å². The summed E-state index contributed by atoms with van der Waals surface area (Å²) < 4.78 is 0. The Morgan fingerprint density at radius 2 is 1.50 bits per heavy atom. The number of rotatable bonds is 11. The number of hydrogen-bond acceptors (Lipinski definition) is 8. The van der Waals surface area contributed by atoms with Crippen molar-refractivity contribution < 1.29 is 24.3 Å². The molecule has 2 saturated heterocycles. The Morgan fingerprint density at radius 3 is 2.08 bits per heavy atom. The number of nitrogens with one attached hydrogen (secondary N) is 1. The lowest BCUT2D eigenvalue weighted by atomic mass is 9.76. The fraction of sp³-hybridized carbons (Fsp3) is 0.440. The van der Waals surface area contributed by atoms with Crippen molar-refractivity contribution in [3.63, 3.8) is 0 Å². The summed E-state index contributed by atoms with van der Waals surface area (Å²) >= 11 is 0. The molecule has 5 aliphatic rings. The van der Waals surface area contributed by atoms with Gasteiger partial charge >= 0.3 is 0 Å². The molecule has 8 rings (SSSR count). The number of hydrogen-bond donors (Lipinski definition) is 2. The first-order valence-corrected chi connectivity index (χ1v) is 21.9. The standard InChI is InChI=1S/C48H55N5O5.C2H6/c1-5-6-7-30(2)32(4)45(40-17-16-39(54)24-31(40)3)34-10-14-37(15-11-34)51-22-20-50(21-23-51)27-33-8-12-38(13-9-33)52-28-35-25-41-42(26-36(35)29-52)48(58)53(47(41)57)43-18-19-44(55)49-46(43)56;1-2/h5-7,10-11,14-17,24-26,32-33,38,43,45,54H,1-2,8-9,12-13,18-23,27-29H2,3-4H3,(H,49,55,56);1-2H3/b7-6-;. The number of carbonyl (C=O) groups is 4. The van der Waals surface area contributed by atoms with Gasteiger partial charge in [0.1, 0.15) is 11.8 Å². The van der Waals surface area contributed by atoms with Crippen LogP contribution in [-0.4, -0.2) is 88.2 Å². The predicted octanol–water partition coefficient (Wildman–Crippen LogP) is 7.89. The Balaban J connectivity index is 0.00000268. The van der Waals surface area contributed by atoms with E-state index in [4.69, 9.17) is 0 Å². The Labute approximate surface area is 355 Å². The SMILES string of the molecule is C=C/C=C\C(=C)C(C)C(c1ccc(N2CCN(CC3CCC(N4Cc5cc6c(cc5C4)C(=O)N(C4CCC(=O)NC4=O)C6=O)CC3)CC2)cc1)c1ccc(O)cc1C.CC. The molecule has 3 fully saturated rings. The van der Waals surface area contributed by atoms with Gasteiger partial charge in [0.15, 0.2) is 0 Å². The summed E-state index contributed by atoms with van der Waals surface area (Å²) in [5.41, 5.74) is 8.70. The average molecular weight is 812 g/mol. The highest BCUT2D eigenvalue weighted by Gasteiger charge is 2.45. The van der Waals surface area contributed by atoms with Crippen molar-refractivity contribution in [3.8, 4) is 5.75 Å². The van der Waals surface area contributed by atoms with Crippen LogP contribution in [0, 0.1) is 18.8 Å². The molecule has 60 heavy (non-hydrogen) atoms. The zero-order chi connectivity index (χ0) is 42.7. The summed E-state index contributed by atoms with van der Waals surface area (Å²) in [6.07, 6.45) is 10.7. The monoisotopic (exact) mass is 811 g/mol. The third kappa shape index (κ3) is 8.77. The van der Waals surface area contributed by atoms with Crippen LogP contribution in [0.15, 0.2) is 91.6 Å². The lowest BCUT2D eigenvalue weighted by Gasteiger charge is -2.40. The first-order chi connectivity index (χ1) is 29.0. The predicted molar refractivity (Wildman–Crippen MR) is 237 cm³/mol. The van der Waals surface area contributed by atoms with Crippen LogP contribution in [0.25, 0.3) is 0 Å². The number of anilines is 1. The molecule has 1 saturated carbocycles. The van der Waals surface area contributed by atoms with Crippen molar-refractivity contribution >= 4 is 29.3 Å². The molecule has 3 aromatic carbocycles. The Hall–Kier alpha value is -5.32. The van der Waals surface area contributed by atoms with E-state index in [0.29, 0.717) is 23.1 Å². The first-order valence-electron chi connectivity index (χ1n) is 21.9. The van der Waals surface area contributed by atoms with Crippen LogP contribution in [0.3, 0.4) is 0 Å². The van der Waals surface area contributed by atoms with E-state index in [1.807, 2.05) is 50.3 Å². The number of piperidine rings is 1. The van der Waals surface area contributed by atoms with Gasteiger partial charge in [-0.25, -0.2) is 0 Å². The van der Waals surface area contributed by atoms with Crippen LogP contribution in [0.2, 0.25) is 0 Å². The van der Waals surface area contributed by atoms with E-state index in [2.05, 4.69) is 71.3 Å². The van der Waals surface area contributed by atoms with Crippen molar-refractivity contribution in [1.29, 1.82) is 0 Å². The Bertz CT molecular complexity index is 2120. The van der Waals surface area contributed by atoms with Crippen LogP contribution in [0.5, 0.6) is 5.75 Å². The molecule has 1 aliphatic carbocycles. The van der Waals surface area contributed by atoms with Crippen LogP contribution in [0.4, 0.5) is 5.69 Å². The number of benzene rings is 3. The Kier molecular flexibility index (Phi) is 13.2. The maximum atomic E-state index is 13.4. The van der Waals surface area contributed by atoms with Crippen LogP contribution < -0.4 is 10.2 Å². The third-order valence-corrected chi connectivity index (χ3v) is 13.5. The van der Waals surface area contributed by atoms with E-state index < -0.39 is 23.8 Å². The number of carbonyl (C=O) groups excluding carboxylic acids is 4. The zero-order valence-corrected chi connectivity index (χ0v) is 35.8. The number of aryl methyl sites for hydroxylation is 1. The zero-order valence-electron chi connectivity index (χ0n) is 35.8. The van der Waals surface area contributed by atoms with Crippen molar-refractivity contribution in [2.45, 2.75) is 97.3 Å². The van der Waals surface area contributed by atoms with Gasteiger partial charge in [0.25, 0.3) is 11.8 Å². The smallest absolute Gasteiger partial charge is 0.262 e. The lowest BCUT2D eigenvalue weighted by Crippen LogP contribution is -2.54. The van der Waals surface area contributed by atoms with Crippen LogP contribution in [-0.2, 0) is 22.7 Å². The molecule has 4 heterocycles. The van der Waals surface area contributed by atoms with E-state index in [1.54, 1.807) is 12.1 Å². The van der Waals surface area contributed by atoms with E-state index >= 15 is 0 Å². The van der Waals surface area contributed by atoms with E-state index in [1.165, 1.54) is 29.7 Å². The number of phenols is 1. The summed E-state index contributed by atoms with van der Waals surface area (Å²) in [4.78, 5) is 59.6. The third-order valence-electron chi connectivity index (χ3n) is 13.5. The topological polar surface area (TPSA) is 114 Å². The second kappa shape index (κ2) is 18.5. The maximum absolute atomic E-state index is 13.4. The molecule has 4 amide bonds. The van der Waals surface area contributed by atoms with Crippen LogP contribution >= 0.6 is 0 Å². The highest BCUT2D eigenvalue weighted by Crippen LogP contribution is 2.40. The van der Waals surface area contributed by atoms with Gasteiger partial charge in [-0.15, -0.1) is 0 Å². The highest BCUT2D eigenvalue weighted by atomic mass is 16.3. The molecule has 316 valence electrons. The lowest BCUT2D eigenvalue weighted by molar-refractivity contribution is -0.136. The van der Waals surface area contributed by atoms with Gasteiger partial charge in [0, 0.05) is 69.9 Å². The summed E-state index contributed by atoms with van der Waals surface area (Å²) in [6.45, 7) is 23.2. The molecule has 3 unspecified atom stereocenters. The summed E-state index contributed by atoms with van der Waals surface area (Å²) in [6, 6.07) is 18.0. The molecule has 3 atom stereocenters. The van der Waals surface area contributed by atoms with Gasteiger partial charge in [0.05, 0.1) is 11.1 Å². The van der Waals surface area contributed by atoms with Gasteiger partial charge in [-0.2, -0.15) is 0 Å². The number of imide groups is 2. The van der Waals surface area contributed by atoms with Gasteiger partial charge < -0.3 is 10.0 Å². The molecule has 0 radical (unpaired) electrons. The van der Waals surface area contributed by atoms with E-state index in [9.17, 15) is 24.3 Å². The molecule has 4 aliphatic heterocycles. The molecule has 0 aromatic heterocycles. The molecular weight excluding hydrogens is 751 g/mol. The second-order valence-electron chi connectivity index (χ2n) is 17.0. The van der Waals surface area contributed by atoms with Gasteiger partial charge in [0.2, 0.25) is 11.8 Å². The Morgan fingerprint density at radius 1 is 0.867 bits per heavy atom. The summed E-state index contributed by atoms with van der Waals surface area (Å²) in [5.74, 6) is -0.621. The second-order valence-corrected chi connectivity index (χ2v) is 17.0. The minimum Gasteiger partial charge on any atom is -0.508 e. The van der Waals surface area contributed by atoms with Crippen molar-refractivity contribution in [1.82, 2.24) is 20.0 Å². The highest BCUT2D eigenvalue weighted by molar-refractivity contribution is 6.23.